The molecule has 0 bridgehead atoms. The van der Waals surface area contributed by atoms with Crippen molar-refractivity contribution in [3.05, 3.63) is 42.0 Å². The van der Waals surface area contributed by atoms with Gasteiger partial charge in [0.25, 0.3) is 0 Å². The van der Waals surface area contributed by atoms with E-state index in [4.69, 9.17) is 0 Å². The molecule has 1 fully saturated rings. The van der Waals surface area contributed by atoms with E-state index in [0.29, 0.717) is 12.3 Å². The van der Waals surface area contributed by atoms with Crippen molar-refractivity contribution >= 4 is 22.4 Å². The molecule has 1 heterocycles. The van der Waals surface area contributed by atoms with Crippen LogP contribution in [0.3, 0.4) is 0 Å². The van der Waals surface area contributed by atoms with Gasteiger partial charge in [-0.15, -0.1) is 0 Å². The van der Waals surface area contributed by atoms with Crippen molar-refractivity contribution < 1.29 is 4.79 Å². The third kappa shape index (κ3) is 2.99. The molecule has 3 heteroatoms. The summed E-state index contributed by atoms with van der Waals surface area (Å²) >= 11 is 0. The Morgan fingerprint density at radius 2 is 2.05 bits per heavy atom. The molecule has 2 aromatic rings. The van der Waals surface area contributed by atoms with Gasteiger partial charge in [-0.1, -0.05) is 29.8 Å². The van der Waals surface area contributed by atoms with Crippen LogP contribution in [0.25, 0.3) is 10.8 Å². The van der Waals surface area contributed by atoms with Crippen LogP contribution >= 0.6 is 0 Å². The lowest BCUT2D eigenvalue weighted by Crippen LogP contribution is -2.18. The molecule has 1 aliphatic heterocycles. The third-order valence-corrected chi connectivity index (χ3v) is 3.92. The van der Waals surface area contributed by atoms with E-state index in [1.807, 2.05) is 12.1 Å². The van der Waals surface area contributed by atoms with Crippen LogP contribution in [0, 0.1) is 12.8 Å². The number of nitrogens with one attached hydrogen (secondary N) is 2. The van der Waals surface area contributed by atoms with E-state index in [9.17, 15) is 4.79 Å². The lowest BCUT2D eigenvalue weighted by atomic mass is 10.0. The highest BCUT2D eigenvalue weighted by Gasteiger charge is 2.17. The molecule has 1 amide bonds. The van der Waals surface area contributed by atoms with Crippen LogP contribution in [0.2, 0.25) is 0 Å². The smallest absolute Gasteiger partial charge is 0.224 e. The molecule has 1 saturated heterocycles. The average Bonchev–Trinajstić information content (AvgIpc) is 2.91. The summed E-state index contributed by atoms with van der Waals surface area (Å²) in [5.41, 5.74) is 2.14. The fourth-order valence-corrected chi connectivity index (χ4v) is 2.81. The number of aryl methyl sites for hydroxylation is 1. The minimum Gasteiger partial charge on any atom is -0.326 e. The monoisotopic (exact) mass is 268 g/mol. The van der Waals surface area contributed by atoms with Gasteiger partial charge >= 0.3 is 0 Å². The van der Waals surface area contributed by atoms with E-state index < -0.39 is 0 Å². The van der Waals surface area contributed by atoms with E-state index in [0.717, 1.165) is 30.6 Å². The van der Waals surface area contributed by atoms with Crippen LogP contribution in [0.5, 0.6) is 0 Å². The van der Waals surface area contributed by atoms with Crippen LogP contribution in [0.15, 0.2) is 36.4 Å². The molecule has 2 N–H and O–H groups in total. The number of hydrogen-bond acceptors (Lipinski definition) is 2. The highest BCUT2D eigenvalue weighted by Crippen LogP contribution is 2.21. The molecule has 0 saturated carbocycles. The SMILES string of the molecule is Cc1ccc2cc(NC(=O)CC3CCNC3)ccc2c1. The van der Waals surface area contributed by atoms with E-state index in [2.05, 4.69) is 41.8 Å². The number of rotatable bonds is 3. The molecular formula is C17H20N2O. The van der Waals surface area contributed by atoms with Gasteiger partial charge in [0.1, 0.15) is 0 Å². The number of anilines is 1. The van der Waals surface area contributed by atoms with Crippen molar-refractivity contribution in [2.45, 2.75) is 19.8 Å². The first-order chi connectivity index (χ1) is 9.70. The maximum Gasteiger partial charge on any atom is 0.224 e. The Hall–Kier alpha value is -1.87. The largest absolute Gasteiger partial charge is 0.326 e. The van der Waals surface area contributed by atoms with Gasteiger partial charge in [-0.3, -0.25) is 4.79 Å². The fraction of sp³-hybridized carbons (Fsp3) is 0.353. The quantitative estimate of drug-likeness (QED) is 0.898. The van der Waals surface area contributed by atoms with E-state index in [-0.39, 0.29) is 5.91 Å². The van der Waals surface area contributed by atoms with Gasteiger partial charge in [-0.25, -0.2) is 0 Å². The zero-order valence-electron chi connectivity index (χ0n) is 11.8. The highest BCUT2D eigenvalue weighted by atomic mass is 16.1. The summed E-state index contributed by atoms with van der Waals surface area (Å²) in [6.07, 6.45) is 1.71. The Labute approximate surface area is 119 Å². The molecule has 0 aliphatic carbocycles. The van der Waals surface area contributed by atoms with Gasteiger partial charge in [-0.2, -0.15) is 0 Å². The normalized spacial score (nSPS) is 18.4. The van der Waals surface area contributed by atoms with Crippen molar-refractivity contribution in [3.8, 4) is 0 Å². The van der Waals surface area contributed by atoms with Crippen molar-refractivity contribution in [1.29, 1.82) is 0 Å². The van der Waals surface area contributed by atoms with Crippen molar-refractivity contribution in [1.82, 2.24) is 5.32 Å². The molecule has 3 nitrogen and oxygen atoms in total. The molecule has 1 unspecified atom stereocenters. The summed E-state index contributed by atoms with van der Waals surface area (Å²) in [7, 11) is 0. The van der Waals surface area contributed by atoms with Crippen molar-refractivity contribution in [2.24, 2.45) is 5.92 Å². The Morgan fingerprint density at radius 3 is 2.85 bits per heavy atom. The fourth-order valence-electron chi connectivity index (χ4n) is 2.81. The molecule has 20 heavy (non-hydrogen) atoms. The minimum atomic E-state index is 0.116. The zero-order valence-corrected chi connectivity index (χ0v) is 11.8. The number of fused-ring (bicyclic) bond motifs is 1. The minimum absolute atomic E-state index is 0.116. The van der Waals surface area contributed by atoms with Crippen LogP contribution in [0.1, 0.15) is 18.4 Å². The maximum absolute atomic E-state index is 12.0. The molecular weight excluding hydrogens is 248 g/mol. The Kier molecular flexibility index (Phi) is 3.70. The van der Waals surface area contributed by atoms with Crippen molar-refractivity contribution in [2.75, 3.05) is 18.4 Å². The number of carbonyl (C=O) groups excluding carboxylic acids is 1. The van der Waals surface area contributed by atoms with Gasteiger partial charge in [0.15, 0.2) is 0 Å². The van der Waals surface area contributed by atoms with E-state index in [1.165, 1.54) is 10.9 Å². The molecule has 2 aromatic carbocycles. The lowest BCUT2D eigenvalue weighted by molar-refractivity contribution is -0.116. The van der Waals surface area contributed by atoms with Crippen molar-refractivity contribution in [3.63, 3.8) is 0 Å². The van der Waals surface area contributed by atoms with Gasteiger partial charge in [0, 0.05) is 12.1 Å². The summed E-state index contributed by atoms with van der Waals surface area (Å²) in [4.78, 5) is 12.0. The number of amides is 1. The highest BCUT2D eigenvalue weighted by molar-refractivity contribution is 5.94. The topological polar surface area (TPSA) is 41.1 Å². The van der Waals surface area contributed by atoms with Gasteiger partial charge < -0.3 is 10.6 Å². The first kappa shape index (κ1) is 13.1. The Morgan fingerprint density at radius 1 is 1.25 bits per heavy atom. The first-order valence-corrected chi connectivity index (χ1v) is 7.22. The summed E-state index contributed by atoms with van der Waals surface area (Å²) < 4.78 is 0. The number of hydrogen-bond donors (Lipinski definition) is 2. The average molecular weight is 268 g/mol. The van der Waals surface area contributed by atoms with E-state index in [1.54, 1.807) is 0 Å². The van der Waals surface area contributed by atoms with Gasteiger partial charge in [-0.05, 0) is 55.3 Å². The zero-order chi connectivity index (χ0) is 13.9. The predicted octanol–water partition coefficient (Wildman–Crippen LogP) is 3.09. The number of benzene rings is 2. The van der Waals surface area contributed by atoms with Gasteiger partial charge in [0.05, 0.1) is 0 Å². The molecule has 3 rings (SSSR count). The third-order valence-electron chi connectivity index (χ3n) is 3.92. The maximum atomic E-state index is 12.0. The van der Waals surface area contributed by atoms with Crippen LogP contribution in [-0.2, 0) is 4.79 Å². The standard InChI is InChI=1S/C17H20N2O/c1-12-2-3-15-10-16(5-4-14(15)8-12)19-17(20)9-13-6-7-18-11-13/h2-5,8,10,13,18H,6-7,9,11H2,1H3,(H,19,20). The van der Waals surface area contributed by atoms with Crippen LogP contribution < -0.4 is 10.6 Å². The van der Waals surface area contributed by atoms with E-state index >= 15 is 0 Å². The predicted molar refractivity (Wildman–Crippen MR) is 82.9 cm³/mol. The lowest BCUT2D eigenvalue weighted by Gasteiger charge is -2.10. The molecule has 0 spiro atoms. The summed E-state index contributed by atoms with van der Waals surface area (Å²) in [5.74, 6) is 0.600. The second-order valence-electron chi connectivity index (χ2n) is 5.68. The Balaban J connectivity index is 1.70. The van der Waals surface area contributed by atoms with Crippen LogP contribution in [0.4, 0.5) is 5.69 Å². The molecule has 0 radical (unpaired) electrons. The second kappa shape index (κ2) is 5.63. The summed E-state index contributed by atoms with van der Waals surface area (Å²) in [5, 5.41) is 8.67. The molecule has 104 valence electrons. The molecule has 1 aliphatic rings. The summed E-state index contributed by atoms with van der Waals surface area (Å²) in [6.45, 7) is 4.09. The summed E-state index contributed by atoms with van der Waals surface area (Å²) in [6, 6.07) is 12.4. The van der Waals surface area contributed by atoms with Crippen LogP contribution in [-0.4, -0.2) is 19.0 Å². The first-order valence-electron chi connectivity index (χ1n) is 7.22. The molecule has 1 atom stereocenters. The Bertz CT molecular complexity index is 630. The second-order valence-corrected chi connectivity index (χ2v) is 5.68. The number of carbonyl (C=O) groups is 1. The molecule has 0 aromatic heterocycles. The van der Waals surface area contributed by atoms with Gasteiger partial charge in [0.2, 0.25) is 5.91 Å².